The van der Waals surface area contributed by atoms with Crippen LogP contribution in [0.3, 0.4) is 0 Å². The summed E-state index contributed by atoms with van der Waals surface area (Å²) in [6.07, 6.45) is 2.75. The molecule has 0 saturated carbocycles. The SMILES string of the molecule is CN1CC[C@H](CNC(=O)Nc2cc3[nH]nc(-c4ccc(F)cc4)c3cn2)C1. The van der Waals surface area contributed by atoms with E-state index in [0.29, 0.717) is 24.0 Å². The monoisotopic (exact) mass is 368 g/mol. The van der Waals surface area contributed by atoms with Gasteiger partial charge in [0.05, 0.1) is 5.52 Å². The lowest BCUT2D eigenvalue weighted by atomic mass is 10.1. The lowest BCUT2D eigenvalue weighted by Crippen LogP contribution is -2.34. The van der Waals surface area contributed by atoms with Gasteiger partial charge < -0.3 is 10.2 Å². The summed E-state index contributed by atoms with van der Waals surface area (Å²) in [4.78, 5) is 18.7. The fourth-order valence-corrected chi connectivity index (χ4v) is 3.40. The van der Waals surface area contributed by atoms with Crippen LogP contribution in [0.1, 0.15) is 6.42 Å². The Morgan fingerprint density at radius 3 is 2.93 bits per heavy atom. The average Bonchev–Trinajstić information content (AvgIpc) is 3.26. The normalized spacial score (nSPS) is 17.3. The predicted octanol–water partition coefficient (Wildman–Crippen LogP) is 2.84. The number of likely N-dealkylation sites (tertiary alicyclic amines) is 1. The Labute approximate surface area is 156 Å². The Hall–Kier alpha value is -3.00. The lowest BCUT2D eigenvalue weighted by Gasteiger charge is -2.12. The minimum absolute atomic E-state index is 0.269. The second kappa shape index (κ2) is 7.32. The van der Waals surface area contributed by atoms with Crippen LogP contribution in [0.15, 0.2) is 36.5 Å². The van der Waals surface area contributed by atoms with Crippen molar-refractivity contribution in [2.75, 3.05) is 32.0 Å². The van der Waals surface area contributed by atoms with E-state index in [-0.39, 0.29) is 11.8 Å². The Morgan fingerprint density at radius 2 is 2.19 bits per heavy atom. The van der Waals surface area contributed by atoms with E-state index in [1.807, 2.05) is 0 Å². The number of fused-ring (bicyclic) bond motifs is 1. The maximum absolute atomic E-state index is 13.1. The first-order valence-corrected chi connectivity index (χ1v) is 8.92. The Balaban J connectivity index is 1.43. The zero-order chi connectivity index (χ0) is 18.8. The highest BCUT2D eigenvalue weighted by atomic mass is 19.1. The second-order valence-electron chi connectivity index (χ2n) is 6.95. The molecule has 3 N–H and O–H groups in total. The third kappa shape index (κ3) is 3.90. The Morgan fingerprint density at radius 1 is 1.37 bits per heavy atom. The largest absolute Gasteiger partial charge is 0.338 e. The van der Waals surface area contributed by atoms with Gasteiger partial charge in [0, 0.05) is 36.3 Å². The van der Waals surface area contributed by atoms with E-state index in [4.69, 9.17) is 0 Å². The number of rotatable bonds is 4. The van der Waals surface area contributed by atoms with Gasteiger partial charge in [-0.1, -0.05) is 0 Å². The molecular formula is C19H21FN6O. The van der Waals surface area contributed by atoms with Crippen molar-refractivity contribution in [3.63, 3.8) is 0 Å². The summed E-state index contributed by atoms with van der Waals surface area (Å²) in [6.45, 7) is 2.73. The molecule has 1 atom stereocenters. The fourth-order valence-electron chi connectivity index (χ4n) is 3.40. The van der Waals surface area contributed by atoms with E-state index in [1.54, 1.807) is 24.4 Å². The molecule has 27 heavy (non-hydrogen) atoms. The number of carbonyl (C=O) groups excluding carboxylic acids is 1. The minimum atomic E-state index is -0.293. The van der Waals surface area contributed by atoms with Crippen LogP contribution < -0.4 is 10.6 Å². The number of anilines is 1. The van der Waals surface area contributed by atoms with Crippen molar-refractivity contribution in [3.8, 4) is 11.3 Å². The van der Waals surface area contributed by atoms with Gasteiger partial charge in [0.15, 0.2) is 0 Å². The smallest absolute Gasteiger partial charge is 0.320 e. The highest BCUT2D eigenvalue weighted by Gasteiger charge is 2.20. The van der Waals surface area contributed by atoms with Gasteiger partial charge >= 0.3 is 6.03 Å². The van der Waals surface area contributed by atoms with Crippen molar-refractivity contribution in [1.29, 1.82) is 0 Å². The van der Waals surface area contributed by atoms with E-state index >= 15 is 0 Å². The number of halogens is 1. The first kappa shape index (κ1) is 17.4. The summed E-state index contributed by atoms with van der Waals surface area (Å²) in [5, 5.41) is 13.7. The van der Waals surface area contributed by atoms with Crippen molar-refractivity contribution < 1.29 is 9.18 Å². The van der Waals surface area contributed by atoms with Crippen molar-refractivity contribution >= 4 is 22.8 Å². The number of urea groups is 1. The van der Waals surface area contributed by atoms with E-state index in [9.17, 15) is 9.18 Å². The summed E-state index contributed by atoms with van der Waals surface area (Å²) < 4.78 is 13.1. The molecule has 2 aromatic heterocycles. The molecule has 1 aromatic carbocycles. The van der Waals surface area contributed by atoms with Crippen LogP contribution in [0.5, 0.6) is 0 Å². The Bertz CT molecular complexity index is 954. The predicted molar refractivity (Wildman–Crippen MR) is 102 cm³/mol. The quantitative estimate of drug-likeness (QED) is 0.661. The molecular weight excluding hydrogens is 347 g/mol. The van der Waals surface area contributed by atoms with Crippen LogP contribution in [0, 0.1) is 11.7 Å². The summed E-state index contributed by atoms with van der Waals surface area (Å²) in [5.41, 5.74) is 2.24. The van der Waals surface area contributed by atoms with Gasteiger partial charge in [0.2, 0.25) is 0 Å². The molecule has 3 aromatic rings. The molecule has 2 amide bonds. The maximum Gasteiger partial charge on any atom is 0.320 e. The maximum atomic E-state index is 13.1. The Kier molecular flexibility index (Phi) is 4.72. The number of hydrogen-bond acceptors (Lipinski definition) is 4. The van der Waals surface area contributed by atoms with Gasteiger partial charge in [-0.25, -0.2) is 14.2 Å². The van der Waals surface area contributed by atoms with Gasteiger partial charge in [0.25, 0.3) is 0 Å². The van der Waals surface area contributed by atoms with E-state index in [1.165, 1.54) is 12.1 Å². The number of aromatic nitrogens is 3. The summed E-state index contributed by atoms with van der Waals surface area (Å²) in [6, 6.07) is 7.60. The van der Waals surface area contributed by atoms with Gasteiger partial charge in [-0.2, -0.15) is 5.10 Å². The van der Waals surface area contributed by atoms with Crippen LogP contribution in [0.2, 0.25) is 0 Å². The van der Waals surface area contributed by atoms with Crippen LogP contribution in [-0.2, 0) is 0 Å². The number of carbonyl (C=O) groups is 1. The molecule has 4 rings (SSSR count). The van der Waals surface area contributed by atoms with Crippen LogP contribution in [0.25, 0.3) is 22.2 Å². The van der Waals surface area contributed by atoms with E-state index < -0.39 is 0 Å². The molecule has 0 radical (unpaired) electrons. The van der Waals surface area contributed by atoms with Gasteiger partial charge in [-0.3, -0.25) is 10.4 Å². The zero-order valence-electron chi connectivity index (χ0n) is 15.0. The van der Waals surface area contributed by atoms with E-state index in [2.05, 4.69) is 37.8 Å². The lowest BCUT2D eigenvalue weighted by molar-refractivity contribution is 0.250. The molecule has 1 fully saturated rings. The molecule has 1 saturated heterocycles. The van der Waals surface area contributed by atoms with Crippen LogP contribution in [0.4, 0.5) is 15.0 Å². The third-order valence-corrected chi connectivity index (χ3v) is 4.85. The highest BCUT2D eigenvalue weighted by Crippen LogP contribution is 2.27. The molecule has 3 heterocycles. The summed E-state index contributed by atoms with van der Waals surface area (Å²) in [5.74, 6) is 0.637. The third-order valence-electron chi connectivity index (χ3n) is 4.85. The number of benzene rings is 1. The first-order valence-electron chi connectivity index (χ1n) is 8.92. The van der Waals surface area contributed by atoms with Crippen LogP contribution in [-0.4, -0.2) is 52.8 Å². The fraction of sp³-hybridized carbons (Fsp3) is 0.316. The van der Waals surface area contributed by atoms with Crippen molar-refractivity contribution in [3.05, 3.63) is 42.3 Å². The minimum Gasteiger partial charge on any atom is -0.338 e. The van der Waals surface area contributed by atoms with Gasteiger partial charge in [-0.15, -0.1) is 0 Å². The number of nitrogens with one attached hydrogen (secondary N) is 3. The second-order valence-corrected chi connectivity index (χ2v) is 6.95. The molecule has 7 nitrogen and oxygen atoms in total. The molecule has 0 spiro atoms. The summed E-state index contributed by atoms with van der Waals surface area (Å²) >= 11 is 0. The van der Waals surface area contributed by atoms with Gasteiger partial charge in [-0.05, 0) is 50.2 Å². The summed E-state index contributed by atoms with van der Waals surface area (Å²) in [7, 11) is 2.09. The van der Waals surface area contributed by atoms with Crippen molar-refractivity contribution in [2.45, 2.75) is 6.42 Å². The molecule has 1 aliphatic rings. The number of hydrogen-bond donors (Lipinski definition) is 3. The number of amides is 2. The average molecular weight is 368 g/mol. The number of nitrogens with zero attached hydrogens (tertiary/aromatic N) is 3. The van der Waals surface area contributed by atoms with E-state index in [0.717, 1.165) is 36.0 Å². The first-order chi connectivity index (χ1) is 13.1. The van der Waals surface area contributed by atoms with Crippen molar-refractivity contribution in [2.24, 2.45) is 5.92 Å². The molecule has 8 heteroatoms. The van der Waals surface area contributed by atoms with Gasteiger partial charge in [0.1, 0.15) is 17.3 Å². The molecule has 0 aliphatic carbocycles. The standard InChI is InChI=1S/C19H21FN6O/c1-26-7-6-12(11-26)9-22-19(27)23-17-8-16-15(10-21-17)18(25-24-16)13-2-4-14(20)5-3-13/h2-5,8,10,12H,6-7,9,11H2,1H3,(H,24,25)(H2,21,22,23,27)/t12-/m1/s1. The van der Waals surface area contributed by atoms with Crippen LogP contribution >= 0.6 is 0 Å². The molecule has 1 aliphatic heterocycles. The molecule has 0 bridgehead atoms. The van der Waals surface area contributed by atoms with Crippen molar-refractivity contribution in [1.82, 2.24) is 25.4 Å². The number of pyridine rings is 1. The number of H-pyrrole nitrogens is 1. The molecule has 140 valence electrons. The molecule has 0 unspecified atom stereocenters. The number of aromatic amines is 1. The topological polar surface area (TPSA) is 85.9 Å². The highest BCUT2D eigenvalue weighted by molar-refractivity contribution is 5.95. The zero-order valence-corrected chi connectivity index (χ0v) is 15.0.